The van der Waals surface area contributed by atoms with Crippen LogP contribution >= 0.6 is 12.4 Å². The van der Waals surface area contributed by atoms with Crippen LogP contribution in [0.2, 0.25) is 0 Å². The van der Waals surface area contributed by atoms with Gasteiger partial charge in [0, 0.05) is 5.69 Å². The van der Waals surface area contributed by atoms with E-state index in [1.165, 1.54) is 0 Å². The predicted octanol–water partition coefficient (Wildman–Crippen LogP) is 2.17. The van der Waals surface area contributed by atoms with E-state index in [0.717, 1.165) is 37.8 Å². The maximum atomic E-state index is 6.29. The zero-order valence-electron chi connectivity index (χ0n) is 10.8. The molecule has 6 nitrogen and oxygen atoms in total. The zero-order valence-corrected chi connectivity index (χ0v) is 11.7. The lowest BCUT2D eigenvalue weighted by Gasteiger charge is -2.17. The predicted molar refractivity (Wildman–Crippen MR) is 72.8 cm³/mol. The van der Waals surface area contributed by atoms with E-state index >= 15 is 0 Å². The largest absolute Gasteiger partial charge is 0.332 e. The Morgan fingerprint density at radius 1 is 1.42 bits per heavy atom. The summed E-state index contributed by atoms with van der Waals surface area (Å²) in [4.78, 5) is 4.40. The molecule has 3 N–H and O–H groups in total. The molecule has 1 saturated carbocycles. The third-order valence-corrected chi connectivity index (χ3v) is 3.60. The average molecular weight is 284 g/mol. The van der Waals surface area contributed by atoms with Crippen molar-refractivity contribution in [1.29, 1.82) is 0 Å². The lowest BCUT2D eigenvalue weighted by molar-refractivity contribution is 0.372. The normalized spacial score (nSPS) is 17.4. The summed E-state index contributed by atoms with van der Waals surface area (Å²) in [5.41, 5.74) is 7.62. The fourth-order valence-electron chi connectivity index (χ4n) is 2.41. The number of aromatic amines is 1. The first-order valence-electron chi connectivity index (χ1n) is 6.39. The molecule has 0 aliphatic heterocycles. The summed E-state index contributed by atoms with van der Waals surface area (Å²) in [5.74, 6) is 1.05. The highest BCUT2D eigenvalue weighted by molar-refractivity contribution is 5.85. The third-order valence-electron chi connectivity index (χ3n) is 3.60. The van der Waals surface area contributed by atoms with Crippen molar-refractivity contribution in [3.8, 4) is 11.6 Å². The van der Waals surface area contributed by atoms with Crippen LogP contribution < -0.4 is 5.73 Å². The molecule has 0 amide bonds. The number of H-pyrrole nitrogens is 1. The fourth-order valence-corrected chi connectivity index (χ4v) is 2.41. The summed E-state index contributed by atoms with van der Waals surface area (Å²) in [6, 6.07) is 1.93. The van der Waals surface area contributed by atoms with Gasteiger partial charge in [0.1, 0.15) is 0 Å². The van der Waals surface area contributed by atoms with Crippen LogP contribution in [0.5, 0.6) is 0 Å². The van der Waals surface area contributed by atoms with Crippen molar-refractivity contribution in [1.82, 2.24) is 20.3 Å². The van der Waals surface area contributed by atoms with Gasteiger partial charge in [0.15, 0.2) is 11.5 Å². The maximum Gasteiger partial charge on any atom is 0.278 e. The summed E-state index contributed by atoms with van der Waals surface area (Å²) >= 11 is 0. The van der Waals surface area contributed by atoms with Crippen molar-refractivity contribution < 1.29 is 4.52 Å². The van der Waals surface area contributed by atoms with Gasteiger partial charge in [-0.25, -0.2) is 0 Å². The number of nitrogens with two attached hydrogens (primary N) is 1. The van der Waals surface area contributed by atoms with Crippen LogP contribution in [0.4, 0.5) is 0 Å². The van der Waals surface area contributed by atoms with Gasteiger partial charge in [-0.3, -0.25) is 5.10 Å². The molecule has 1 aliphatic carbocycles. The van der Waals surface area contributed by atoms with E-state index in [9.17, 15) is 0 Å². The summed E-state index contributed by atoms with van der Waals surface area (Å²) in [5, 5.41) is 11.1. The molecular weight excluding hydrogens is 266 g/mol. The minimum Gasteiger partial charge on any atom is -0.332 e. The SMILES string of the molecule is CCc1cc(-c2nc(C3(N)CCCC3)no2)n[nH]1.Cl. The van der Waals surface area contributed by atoms with Crippen LogP contribution in [0.25, 0.3) is 11.6 Å². The topological polar surface area (TPSA) is 93.6 Å². The number of rotatable bonds is 3. The average Bonchev–Trinajstić information content (AvgIpc) is 3.08. The second-order valence-electron chi connectivity index (χ2n) is 4.92. The highest BCUT2D eigenvalue weighted by atomic mass is 35.5. The van der Waals surface area contributed by atoms with Crippen LogP contribution in [-0.4, -0.2) is 20.3 Å². The first-order chi connectivity index (χ1) is 8.71. The molecule has 19 heavy (non-hydrogen) atoms. The van der Waals surface area contributed by atoms with Gasteiger partial charge in [-0.2, -0.15) is 10.1 Å². The molecule has 0 unspecified atom stereocenters. The summed E-state index contributed by atoms with van der Waals surface area (Å²) < 4.78 is 5.26. The molecule has 0 aromatic carbocycles. The van der Waals surface area contributed by atoms with E-state index in [2.05, 4.69) is 27.3 Å². The molecule has 3 rings (SSSR count). The van der Waals surface area contributed by atoms with Crippen LogP contribution in [-0.2, 0) is 12.0 Å². The number of halogens is 1. The Morgan fingerprint density at radius 3 is 2.79 bits per heavy atom. The number of hydrogen-bond donors (Lipinski definition) is 2. The molecule has 1 aliphatic rings. The standard InChI is InChI=1S/C12H17N5O.ClH/c1-2-8-7-9(16-15-8)10-14-11(17-18-10)12(13)5-3-4-6-12;/h7H,2-6,13H2,1H3,(H,15,16);1H. The van der Waals surface area contributed by atoms with E-state index in [-0.39, 0.29) is 12.4 Å². The first kappa shape index (κ1) is 14.0. The van der Waals surface area contributed by atoms with Gasteiger partial charge in [-0.05, 0) is 25.3 Å². The smallest absolute Gasteiger partial charge is 0.278 e. The molecular formula is C12H18ClN5O. The number of hydrogen-bond acceptors (Lipinski definition) is 5. The van der Waals surface area contributed by atoms with E-state index in [1.54, 1.807) is 0 Å². The Balaban J connectivity index is 0.00000133. The minimum absolute atomic E-state index is 0. The third kappa shape index (κ3) is 2.50. The highest BCUT2D eigenvalue weighted by Crippen LogP contribution is 2.35. The Bertz CT molecular complexity index is 544. The summed E-state index contributed by atoms with van der Waals surface area (Å²) in [7, 11) is 0. The molecule has 0 bridgehead atoms. The molecule has 0 atom stereocenters. The molecule has 0 radical (unpaired) electrons. The van der Waals surface area contributed by atoms with Crippen molar-refractivity contribution in [3.05, 3.63) is 17.6 Å². The zero-order chi connectivity index (χ0) is 12.6. The van der Waals surface area contributed by atoms with Gasteiger partial charge < -0.3 is 10.3 Å². The Kier molecular flexibility index (Phi) is 3.91. The fraction of sp³-hybridized carbons (Fsp3) is 0.583. The Morgan fingerprint density at radius 2 is 2.16 bits per heavy atom. The number of aromatic nitrogens is 4. The Labute approximate surface area is 117 Å². The quantitative estimate of drug-likeness (QED) is 0.900. The van der Waals surface area contributed by atoms with E-state index in [0.29, 0.717) is 17.4 Å². The first-order valence-corrected chi connectivity index (χ1v) is 6.39. The van der Waals surface area contributed by atoms with Crippen molar-refractivity contribution >= 4 is 12.4 Å². The molecule has 104 valence electrons. The van der Waals surface area contributed by atoms with Crippen LogP contribution in [0.1, 0.15) is 44.1 Å². The van der Waals surface area contributed by atoms with Gasteiger partial charge in [0.05, 0.1) is 5.54 Å². The molecule has 2 aromatic rings. The second kappa shape index (κ2) is 5.30. The molecule has 2 heterocycles. The lowest BCUT2D eigenvalue weighted by Crippen LogP contribution is -2.34. The molecule has 0 spiro atoms. The highest BCUT2D eigenvalue weighted by Gasteiger charge is 2.36. The van der Waals surface area contributed by atoms with Crippen LogP contribution in [0.3, 0.4) is 0 Å². The molecule has 0 saturated heterocycles. The monoisotopic (exact) mass is 283 g/mol. The van der Waals surface area contributed by atoms with Gasteiger partial charge >= 0.3 is 0 Å². The van der Waals surface area contributed by atoms with Crippen molar-refractivity contribution in [3.63, 3.8) is 0 Å². The van der Waals surface area contributed by atoms with E-state index in [1.807, 2.05) is 6.07 Å². The van der Waals surface area contributed by atoms with E-state index < -0.39 is 5.54 Å². The summed E-state index contributed by atoms with van der Waals surface area (Å²) in [6.07, 6.45) is 5.00. The van der Waals surface area contributed by atoms with Crippen LogP contribution in [0.15, 0.2) is 10.6 Å². The van der Waals surface area contributed by atoms with Gasteiger partial charge in [-0.15, -0.1) is 12.4 Å². The van der Waals surface area contributed by atoms with Gasteiger partial charge in [0.2, 0.25) is 0 Å². The Hall–Kier alpha value is -1.40. The number of nitrogens with zero attached hydrogens (tertiary/aromatic N) is 3. The maximum absolute atomic E-state index is 6.29. The van der Waals surface area contributed by atoms with Gasteiger partial charge in [-0.1, -0.05) is 24.9 Å². The lowest BCUT2D eigenvalue weighted by atomic mass is 9.99. The second-order valence-corrected chi connectivity index (χ2v) is 4.92. The van der Waals surface area contributed by atoms with Gasteiger partial charge in [0.25, 0.3) is 5.89 Å². The van der Waals surface area contributed by atoms with Crippen molar-refractivity contribution in [2.45, 2.75) is 44.6 Å². The molecule has 1 fully saturated rings. The summed E-state index contributed by atoms with van der Waals surface area (Å²) in [6.45, 7) is 2.06. The van der Waals surface area contributed by atoms with Crippen LogP contribution in [0, 0.1) is 0 Å². The van der Waals surface area contributed by atoms with Crippen molar-refractivity contribution in [2.24, 2.45) is 5.73 Å². The minimum atomic E-state index is -0.411. The van der Waals surface area contributed by atoms with Crippen molar-refractivity contribution in [2.75, 3.05) is 0 Å². The molecule has 2 aromatic heterocycles. The van der Waals surface area contributed by atoms with E-state index in [4.69, 9.17) is 10.3 Å². The number of aryl methyl sites for hydroxylation is 1. The molecule has 7 heteroatoms. The number of nitrogens with one attached hydrogen (secondary N) is 1.